The van der Waals surface area contributed by atoms with E-state index in [2.05, 4.69) is 0 Å². The largest absolute Gasteiger partial charge is 0.508 e. The molecule has 28 heavy (non-hydrogen) atoms. The zero-order chi connectivity index (χ0) is 20.5. The molecular weight excluding hydrogens is 384 g/mol. The lowest BCUT2D eigenvalue weighted by molar-refractivity contribution is -0.160. The van der Waals surface area contributed by atoms with Gasteiger partial charge < -0.3 is 19.0 Å². The Kier molecular flexibility index (Phi) is 5.34. The minimum Gasteiger partial charge on any atom is -0.508 e. The van der Waals surface area contributed by atoms with Gasteiger partial charge in [0.05, 0.1) is 0 Å². The summed E-state index contributed by atoms with van der Waals surface area (Å²) < 4.78 is 16.3. The Balaban J connectivity index is 1.79. The highest BCUT2D eigenvalue weighted by atomic mass is 35.5. The van der Waals surface area contributed by atoms with Gasteiger partial charge in [0.1, 0.15) is 23.7 Å². The normalized spacial score (nSPS) is 11.4. The lowest BCUT2D eigenvalue weighted by Gasteiger charge is -2.24. The molecule has 1 N–H and O–H groups in total. The van der Waals surface area contributed by atoms with Crippen molar-refractivity contribution in [3.63, 3.8) is 0 Å². The summed E-state index contributed by atoms with van der Waals surface area (Å²) in [6.45, 7) is 4.67. The molecule has 1 aromatic heterocycles. The van der Waals surface area contributed by atoms with Gasteiger partial charge in [0.25, 0.3) is 0 Å². The maximum atomic E-state index is 12.5. The van der Waals surface area contributed by atoms with Gasteiger partial charge in [0.2, 0.25) is 0 Å². The standard InChI is InChI=1S/C21H19ClO6/c1-12-17(23)9-8-16-13(10-18(24)27-19(12)16)11-26-20(25)21(2,3)28-15-6-4-14(22)5-7-15/h4-10,23H,11H2,1-3H3. The van der Waals surface area contributed by atoms with Crippen LogP contribution in [0, 0.1) is 6.92 Å². The van der Waals surface area contributed by atoms with Crippen molar-refractivity contribution in [3.05, 3.63) is 69.0 Å². The fraction of sp³-hybridized carbons (Fsp3) is 0.238. The Morgan fingerprint density at radius 1 is 1.18 bits per heavy atom. The zero-order valence-electron chi connectivity index (χ0n) is 15.6. The highest BCUT2D eigenvalue weighted by Gasteiger charge is 2.32. The number of benzene rings is 2. The predicted octanol–water partition coefficient (Wildman–Crippen LogP) is 4.36. The molecule has 2 aromatic carbocycles. The number of aryl methyl sites for hydroxylation is 1. The van der Waals surface area contributed by atoms with E-state index in [9.17, 15) is 14.7 Å². The van der Waals surface area contributed by atoms with E-state index in [0.29, 0.717) is 27.3 Å². The van der Waals surface area contributed by atoms with Crippen molar-refractivity contribution in [1.29, 1.82) is 0 Å². The fourth-order valence-electron chi connectivity index (χ4n) is 2.69. The van der Waals surface area contributed by atoms with Gasteiger partial charge in [-0.05, 0) is 57.2 Å². The number of hydrogen-bond donors (Lipinski definition) is 1. The van der Waals surface area contributed by atoms with Crippen LogP contribution in [-0.2, 0) is 16.1 Å². The highest BCUT2D eigenvalue weighted by Crippen LogP contribution is 2.28. The topological polar surface area (TPSA) is 86.0 Å². The lowest BCUT2D eigenvalue weighted by atomic mass is 10.1. The second-order valence-corrected chi connectivity index (χ2v) is 7.26. The van der Waals surface area contributed by atoms with Gasteiger partial charge in [0, 0.05) is 27.6 Å². The molecule has 0 aliphatic carbocycles. The Morgan fingerprint density at radius 2 is 1.86 bits per heavy atom. The summed E-state index contributed by atoms with van der Waals surface area (Å²) in [4.78, 5) is 24.4. The number of rotatable bonds is 5. The molecule has 0 saturated carbocycles. The lowest BCUT2D eigenvalue weighted by Crippen LogP contribution is -2.39. The molecule has 3 rings (SSSR count). The maximum Gasteiger partial charge on any atom is 0.350 e. The van der Waals surface area contributed by atoms with E-state index in [1.54, 1.807) is 51.1 Å². The van der Waals surface area contributed by atoms with Gasteiger partial charge in [-0.25, -0.2) is 9.59 Å². The van der Waals surface area contributed by atoms with Crippen LogP contribution in [0.15, 0.2) is 51.7 Å². The van der Waals surface area contributed by atoms with Crippen LogP contribution >= 0.6 is 11.6 Å². The summed E-state index contributed by atoms with van der Waals surface area (Å²) in [5.74, 6) is -0.107. The first kappa shape index (κ1) is 19.8. The average Bonchev–Trinajstić information content (AvgIpc) is 2.64. The van der Waals surface area contributed by atoms with Crippen molar-refractivity contribution in [2.45, 2.75) is 33.0 Å². The third kappa shape index (κ3) is 4.12. The summed E-state index contributed by atoms with van der Waals surface area (Å²) in [5.41, 5.74) is -0.671. The Bertz CT molecular complexity index is 1080. The second kappa shape index (κ2) is 7.56. The van der Waals surface area contributed by atoms with Crippen LogP contribution in [0.5, 0.6) is 11.5 Å². The molecule has 7 heteroatoms. The smallest absolute Gasteiger partial charge is 0.350 e. The van der Waals surface area contributed by atoms with Crippen LogP contribution in [0.2, 0.25) is 5.02 Å². The molecule has 0 spiro atoms. The summed E-state index contributed by atoms with van der Waals surface area (Å²) >= 11 is 5.85. The number of phenols is 1. The number of hydrogen-bond acceptors (Lipinski definition) is 6. The van der Waals surface area contributed by atoms with Crippen LogP contribution < -0.4 is 10.4 Å². The number of phenolic OH excluding ortho intramolecular Hbond substituents is 1. The van der Waals surface area contributed by atoms with E-state index in [4.69, 9.17) is 25.5 Å². The maximum absolute atomic E-state index is 12.5. The molecule has 0 aliphatic rings. The molecule has 0 amide bonds. The van der Waals surface area contributed by atoms with Crippen molar-refractivity contribution in [3.8, 4) is 11.5 Å². The van der Waals surface area contributed by atoms with Crippen LogP contribution in [0.25, 0.3) is 11.0 Å². The SMILES string of the molecule is Cc1c(O)ccc2c(COC(=O)C(C)(C)Oc3ccc(Cl)cc3)cc(=O)oc12. The number of esters is 1. The molecule has 0 unspecified atom stereocenters. The molecule has 6 nitrogen and oxygen atoms in total. The van der Waals surface area contributed by atoms with Gasteiger partial charge in [-0.1, -0.05) is 11.6 Å². The number of carbonyl (C=O) groups is 1. The molecule has 0 atom stereocenters. The van der Waals surface area contributed by atoms with Gasteiger partial charge in [-0.3, -0.25) is 0 Å². The van der Waals surface area contributed by atoms with E-state index in [0.717, 1.165) is 0 Å². The number of fused-ring (bicyclic) bond motifs is 1. The Morgan fingerprint density at radius 3 is 2.54 bits per heavy atom. The van der Waals surface area contributed by atoms with Crippen molar-refractivity contribution < 1.29 is 23.8 Å². The molecule has 0 aliphatic heterocycles. The molecule has 1 heterocycles. The van der Waals surface area contributed by atoms with Crippen molar-refractivity contribution >= 4 is 28.5 Å². The summed E-state index contributed by atoms with van der Waals surface area (Å²) in [7, 11) is 0. The van der Waals surface area contributed by atoms with Crippen molar-refractivity contribution in [2.24, 2.45) is 0 Å². The van der Waals surface area contributed by atoms with Crippen molar-refractivity contribution in [1.82, 2.24) is 0 Å². The molecule has 0 bridgehead atoms. The Labute approximate surface area is 166 Å². The van der Waals surface area contributed by atoms with E-state index in [1.165, 1.54) is 12.1 Å². The molecule has 0 fully saturated rings. The first-order chi connectivity index (χ1) is 13.2. The molecule has 0 saturated heterocycles. The summed E-state index contributed by atoms with van der Waals surface area (Å²) in [5, 5.41) is 11.0. The first-order valence-electron chi connectivity index (χ1n) is 8.54. The monoisotopic (exact) mass is 402 g/mol. The van der Waals surface area contributed by atoms with E-state index >= 15 is 0 Å². The third-order valence-corrected chi connectivity index (χ3v) is 4.51. The van der Waals surface area contributed by atoms with Crippen LogP contribution in [0.4, 0.5) is 0 Å². The zero-order valence-corrected chi connectivity index (χ0v) is 16.4. The van der Waals surface area contributed by atoms with E-state index < -0.39 is 17.2 Å². The number of ether oxygens (including phenoxy) is 2. The van der Waals surface area contributed by atoms with Crippen LogP contribution in [0.1, 0.15) is 25.0 Å². The first-order valence-corrected chi connectivity index (χ1v) is 8.92. The number of carbonyl (C=O) groups excluding carboxylic acids is 1. The minimum atomic E-state index is -1.25. The van der Waals surface area contributed by atoms with Crippen molar-refractivity contribution in [2.75, 3.05) is 0 Å². The van der Waals surface area contributed by atoms with Gasteiger partial charge >= 0.3 is 11.6 Å². The highest BCUT2D eigenvalue weighted by molar-refractivity contribution is 6.30. The van der Waals surface area contributed by atoms with E-state index in [1.807, 2.05) is 0 Å². The van der Waals surface area contributed by atoms with E-state index in [-0.39, 0.29) is 17.9 Å². The Hall–Kier alpha value is -2.99. The quantitative estimate of drug-likeness (QED) is 0.504. The number of aromatic hydroxyl groups is 1. The van der Waals surface area contributed by atoms with Gasteiger partial charge in [0.15, 0.2) is 5.60 Å². The minimum absolute atomic E-state index is 0.0160. The second-order valence-electron chi connectivity index (χ2n) is 6.82. The average molecular weight is 403 g/mol. The molecule has 146 valence electrons. The molecule has 0 radical (unpaired) electrons. The van der Waals surface area contributed by atoms with Gasteiger partial charge in [-0.2, -0.15) is 0 Å². The third-order valence-electron chi connectivity index (χ3n) is 4.25. The van der Waals surface area contributed by atoms with Crippen LogP contribution in [0.3, 0.4) is 0 Å². The van der Waals surface area contributed by atoms with Gasteiger partial charge in [-0.15, -0.1) is 0 Å². The summed E-state index contributed by atoms with van der Waals surface area (Å²) in [6, 6.07) is 11.0. The number of halogens is 1. The predicted molar refractivity (Wildman–Crippen MR) is 105 cm³/mol. The molecule has 3 aromatic rings. The van der Waals surface area contributed by atoms with Crippen LogP contribution in [-0.4, -0.2) is 16.7 Å². The molecular formula is C21H19ClO6. The fourth-order valence-corrected chi connectivity index (χ4v) is 2.82. The summed E-state index contributed by atoms with van der Waals surface area (Å²) in [6.07, 6.45) is 0.